The summed E-state index contributed by atoms with van der Waals surface area (Å²) in [6, 6.07) is 5.82. The molecule has 0 aliphatic carbocycles. The molecule has 0 aromatic carbocycles. The minimum absolute atomic E-state index is 0.775. The summed E-state index contributed by atoms with van der Waals surface area (Å²) in [7, 11) is 0. The number of nitrogens with zero attached hydrogens (tertiary/aromatic N) is 7. The van der Waals surface area contributed by atoms with Crippen molar-refractivity contribution in [3.63, 3.8) is 0 Å². The summed E-state index contributed by atoms with van der Waals surface area (Å²) < 4.78 is 4.90. The third-order valence-electron chi connectivity index (χ3n) is 4.99. The number of aromatic nitrogens is 6. The normalized spacial score (nSPS) is 15.1. The number of anilines is 1. The number of rotatable bonds is 6. The topological polar surface area (TPSA) is 69.1 Å². The van der Waals surface area contributed by atoms with Crippen LogP contribution in [0.15, 0.2) is 43.0 Å². The molecule has 0 unspecified atom stereocenters. The number of pyridine rings is 1. The number of piperazine rings is 1. The maximum absolute atomic E-state index is 5.75. The standard InChI is InChI=1S/C19H24N8S/c1-2-10-26-17(16-4-8-20-9-5-16)23-27(19(26)28)15-24-11-13-25(14-12-24)18-21-6-3-7-22-18/h3-9H,2,10-15H2,1H3/p+1. The van der Waals surface area contributed by atoms with Gasteiger partial charge in [-0.1, -0.05) is 6.92 Å². The lowest BCUT2D eigenvalue weighted by atomic mass is 10.2. The fourth-order valence-corrected chi connectivity index (χ4v) is 3.81. The van der Waals surface area contributed by atoms with Crippen LogP contribution in [0.2, 0.25) is 0 Å². The molecular formula is C19H25N8S+. The van der Waals surface area contributed by atoms with E-state index in [1.165, 1.54) is 4.90 Å². The smallest absolute Gasteiger partial charge is 0.225 e. The zero-order chi connectivity index (χ0) is 19.3. The van der Waals surface area contributed by atoms with E-state index in [0.29, 0.717) is 0 Å². The van der Waals surface area contributed by atoms with Crippen LogP contribution in [0.3, 0.4) is 0 Å². The third kappa shape index (κ3) is 3.95. The van der Waals surface area contributed by atoms with E-state index >= 15 is 0 Å². The highest BCUT2D eigenvalue weighted by molar-refractivity contribution is 7.71. The number of nitrogens with one attached hydrogen (secondary N) is 1. The molecule has 146 valence electrons. The van der Waals surface area contributed by atoms with E-state index in [4.69, 9.17) is 17.3 Å². The first kappa shape index (κ1) is 18.7. The zero-order valence-corrected chi connectivity index (χ0v) is 16.8. The van der Waals surface area contributed by atoms with Crippen LogP contribution in [0.1, 0.15) is 13.3 Å². The lowest BCUT2D eigenvalue weighted by Gasteiger charge is -2.31. The van der Waals surface area contributed by atoms with Gasteiger partial charge in [-0.25, -0.2) is 9.97 Å². The van der Waals surface area contributed by atoms with E-state index in [0.717, 1.165) is 67.9 Å². The molecule has 9 heteroatoms. The lowest BCUT2D eigenvalue weighted by molar-refractivity contribution is -0.924. The molecule has 1 saturated heterocycles. The first-order chi connectivity index (χ1) is 13.8. The van der Waals surface area contributed by atoms with Gasteiger partial charge in [-0.15, -0.1) is 5.10 Å². The number of hydrogen-bond acceptors (Lipinski definition) is 6. The second-order valence-corrected chi connectivity index (χ2v) is 7.30. The number of hydrogen-bond donors (Lipinski definition) is 1. The van der Waals surface area contributed by atoms with Crippen molar-refractivity contribution < 1.29 is 4.90 Å². The van der Waals surface area contributed by atoms with Crippen molar-refractivity contribution in [1.82, 2.24) is 29.3 Å². The summed E-state index contributed by atoms with van der Waals surface area (Å²) in [6.45, 7) is 7.67. The Balaban J connectivity index is 1.49. The van der Waals surface area contributed by atoms with Gasteiger partial charge in [-0.2, -0.15) is 4.68 Å². The van der Waals surface area contributed by atoms with Gasteiger partial charge in [-0.05, 0) is 36.8 Å². The van der Waals surface area contributed by atoms with Gasteiger partial charge in [-0.3, -0.25) is 9.55 Å². The minimum atomic E-state index is 0.775. The monoisotopic (exact) mass is 397 g/mol. The van der Waals surface area contributed by atoms with Crippen LogP contribution in [0.4, 0.5) is 5.95 Å². The molecule has 4 rings (SSSR count). The van der Waals surface area contributed by atoms with Gasteiger partial charge in [0.15, 0.2) is 12.5 Å². The largest absolute Gasteiger partial charge is 0.330 e. The summed E-state index contributed by atoms with van der Waals surface area (Å²) in [5.74, 6) is 1.73. The average molecular weight is 398 g/mol. The van der Waals surface area contributed by atoms with E-state index in [9.17, 15) is 0 Å². The summed E-state index contributed by atoms with van der Waals surface area (Å²) in [5.41, 5.74) is 1.05. The molecule has 8 nitrogen and oxygen atoms in total. The third-order valence-corrected chi connectivity index (χ3v) is 5.42. The Labute approximate surface area is 169 Å². The van der Waals surface area contributed by atoms with Crippen molar-refractivity contribution in [2.45, 2.75) is 26.6 Å². The highest BCUT2D eigenvalue weighted by Crippen LogP contribution is 2.17. The first-order valence-corrected chi connectivity index (χ1v) is 10.1. The van der Waals surface area contributed by atoms with Crippen molar-refractivity contribution in [3.8, 4) is 11.4 Å². The Morgan fingerprint density at radius 1 is 1.07 bits per heavy atom. The lowest BCUT2D eigenvalue weighted by Crippen LogP contribution is -3.14. The van der Waals surface area contributed by atoms with E-state index < -0.39 is 0 Å². The predicted octanol–water partition coefficient (Wildman–Crippen LogP) is 1.04. The molecular weight excluding hydrogens is 372 g/mol. The van der Waals surface area contributed by atoms with Gasteiger partial charge in [0.1, 0.15) is 0 Å². The van der Waals surface area contributed by atoms with Gasteiger partial charge in [0.25, 0.3) is 0 Å². The zero-order valence-electron chi connectivity index (χ0n) is 16.0. The second-order valence-electron chi connectivity index (χ2n) is 6.94. The molecule has 0 radical (unpaired) electrons. The second kappa shape index (κ2) is 8.57. The van der Waals surface area contributed by atoms with Gasteiger partial charge in [0.2, 0.25) is 10.7 Å². The van der Waals surface area contributed by atoms with Crippen molar-refractivity contribution >= 4 is 18.2 Å². The highest BCUT2D eigenvalue weighted by Gasteiger charge is 2.23. The molecule has 0 amide bonds. The Morgan fingerprint density at radius 3 is 2.46 bits per heavy atom. The summed E-state index contributed by atoms with van der Waals surface area (Å²) in [4.78, 5) is 16.5. The summed E-state index contributed by atoms with van der Waals surface area (Å²) >= 11 is 5.75. The molecule has 0 saturated carbocycles. The summed E-state index contributed by atoms with van der Waals surface area (Å²) in [6.07, 6.45) is 8.19. The quantitative estimate of drug-likeness (QED) is 0.627. The molecule has 1 aliphatic heterocycles. The van der Waals surface area contributed by atoms with Crippen molar-refractivity contribution in [2.75, 3.05) is 31.1 Å². The predicted molar refractivity (Wildman–Crippen MR) is 110 cm³/mol. The van der Waals surface area contributed by atoms with Crippen molar-refractivity contribution in [2.24, 2.45) is 0 Å². The molecule has 1 N–H and O–H groups in total. The molecule has 0 spiro atoms. The van der Waals surface area contributed by atoms with Crippen LogP contribution in [0.25, 0.3) is 11.4 Å². The van der Waals surface area contributed by atoms with Gasteiger partial charge < -0.3 is 9.80 Å². The fraction of sp³-hybridized carbons (Fsp3) is 0.421. The molecule has 1 fully saturated rings. The van der Waals surface area contributed by atoms with Crippen LogP contribution in [-0.4, -0.2) is 55.5 Å². The summed E-state index contributed by atoms with van der Waals surface area (Å²) in [5, 5.41) is 4.86. The molecule has 0 atom stereocenters. The Kier molecular flexibility index (Phi) is 5.73. The molecule has 1 aliphatic rings. The SMILES string of the molecule is CCCn1c(-c2ccncc2)nn(C[NH+]2CCN(c3ncccn3)CC2)c1=S. The van der Waals surface area contributed by atoms with E-state index in [1.807, 2.05) is 22.9 Å². The Morgan fingerprint density at radius 2 is 1.79 bits per heavy atom. The highest BCUT2D eigenvalue weighted by atomic mass is 32.1. The maximum atomic E-state index is 5.75. The van der Waals surface area contributed by atoms with Crippen LogP contribution in [0, 0.1) is 4.77 Å². The first-order valence-electron chi connectivity index (χ1n) is 9.70. The van der Waals surface area contributed by atoms with Crippen LogP contribution >= 0.6 is 12.2 Å². The van der Waals surface area contributed by atoms with Crippen molar-refractivity contribution in [3.05, 3.63) is 47.8 Å². The van der Waals surface area contributed by atoms with Crippen LogP contribution < -0.4 is 9.80 Å². The molecule has 4 heterocycles. The Bertz CT molecular complexity index is 945. The van der Waals surface area contributed by atoms with E-state index in [1.54, 1.807) is 24.8 Å². The van der Waals surface area contributed by atoms with E-state index in [2.05, 4.69) is 31.3 Å². The van der Waals surface area contributed by atoms with Gasteiger partial charge in [0.05, 0.1) is 26.2 Å². The maximum Gasteiger partial charge on any atom is 0.225 e. The molecule has 28 heavy (non-hydrogen) atoms. The van der Waals surface area contributed by atoms with Gasteiger partial charge in [0, 0.05) is 36.9 Å². The van der Waals surface area contributed by atoms with Gasteiger partial charge >= 0.3 is 0 Å². The minimum Gasteiger partial charge on any atom is -0.330 e. The average Bonchev–Trinajstić information content (AvgIpc) is 3.06. The molecule has 0 bridgehead atoms. The Hall–Kier alpha value is -2.65. The molecule has 3 aromatic heterocycles. The number of quaternary nitrogens is 1. The van der Waals surface area contributed by atoms with E-state index in [-0.39, 0.29) is 0 Å². The van der Waals surface area contributed by atoms with Crippen molar-refractivity contribution in [1.29, 1.82) is 0 Å². The van der Waals surface area contributed by atoms with Crippen LogP contribution in [0.5, 0.6) is 0 Å². The fourth-order valence-electron chi connectivity index (χ4n) is 3.53. The van der Waals surface area contributed by atoms with Crippen LogP contribution in [-0.2, 0) is 13.2 Å². The molecule has 3 aromatic rings.